The fraction of sp³-hybridized carbons (Fsp3) is 0.500. The van der Waals surface area contributed by atoms with E-state index in [0.717, 1.165) is 0 Å². The topological polar surface area (TPSA) is 15.8 Å². The summed E-state index contributed by atoms with van der Waals surface area (Å²) in [6, 6.07) is 10.9. The van der Waals surface area contributed by atoms with Crippen LogP contribution in [0.3, 0.4) is 0 Å². The predicted octanol–water partition coefficient (Wildman–Crippen LogP) is 5.24. The quantitative estimate of drug-likeness (QED) is 0.652. The van der Waals surface area contributed by atoms with Crippen molar-refractivity contribution in [3.8, 4) is 0 Å². The largest absolute Gasteiger partial charge is 0.358 e. The van der Waals surface area contributed by atoms with Crippen LogP contribution in [0, 0.1) is 0 Å². The molecule has 2 rings (SSSR count). The molecule has 1 aromatic heterocycles. The van der Waals surface area contributed by atoms with Crippen molar-refractivity contribution in [3.05, 3.63) is 36.0 Å². The highest BCUT2D eigenvalue weighted by Gasteiger charge is 2.11. The zero-order valence-corrected chi connectivity index (χ0v) is 11.0. The Bertz CT molecular complexity index is 422. The van der Waals surface area contributed by atoms with Crippen LogP contribution in [0.5, 0.6) is 0 Å². The third-order valence-corrected chi connectivity index (χ3v) is 3.64. The number of hydrogen-bond donors (Lipinski definition) is 1. The summed E-state index contributed by atoms with van der Waals surface area (Å²) in [7, 11) is 0. The fourth-order valence-electron chi connectivity index (χ4n) is 2.54. The van der Waals surface area contributed by atoms with Crippen molar-refractivity contribution in [2.45, 2.75) is 51.9 Å². The molecule has 0 aliphatic heterocycles. The number of aromatic amines is 1. The van der Waals surface area contributed by atoms with Crippen molar-refractivity contribution >= 4 is 10.9 Å². The minimum Gasteiger partial charge on any atom is -0.358 e. The highest BCUT2D eigenvalue weighted by molar-refractivity contribution is 5.80. The summed E-state index contributed by atoms with van der Waals surface area (Å²) in [5, 5.41) is 1.34. The third kappa shape index (κ3) is 2.91. The lowest BCUT2D eigenvalue weighted by atomic mass is 9.95. The smallest absolute Gasteiger partial charge is 0.0456 e. The molecule has 1 aromatic carbocycles. The molecule has 1 atom stereocenters. The number of rotatable bonds is 6. The molecule has 0 bridgehead atoms. The Kier molecular flexibility index (Phi) is 4.24. The Hall–Kier alpha value is -1.24. The molecule has 17 heavy (non-hydrogen) atoms. The molecule has 1 unspecified atom stereocenters. The minimum absolute atomic E-state index is 0.703. The molecule has 0 aliphatic carbocycles. The molecule has 0 fully saturated rings. The van der Waals surface area contributed by atoms with Crippen LogP contribution in [-0.4, -0.2) is 4.98 Å². The number of hydrogen-bond acceptors (Lipinski definition) is 0. The highest BCUT2D eigenvalue weighted by Crippen LogP contribution is 2.28. The van der Waals surface area contributed by atoms with Gasteiger partial charge < -0.3 is 4.98 Å². The fourth-order valence-corrected chi connectivity index (χ4v) is 2.54. The summed E-state index contributed by atoms with van der Waals surface area (Å²) in [4.78, 5) is 3.57. The van der Waals surface area contributed by atoms with Crippen LogP contribution in [0.15, 0.2) is 30.3 Å². The van der Waals surface area contributed by atoms with Crippen molar-refractivity contribution in [1.82, 2.24) is 4.98 Å². The summed E-state index contributed by atoms with van der Waals surface area (Å²) in [5.41, 5.74) is 2.70. The van der Waals surface area contributed by atoms with Crippen LogP contribution < -0.4 is 0 Å². The van der Waals surface area contributed by atoms with E-state index in [0.29, 0.717) is 5.92 Å². The van der Waals surface area contributed by atoms with Gasteiger partial charge in [-0.05, 0) is 36.3 Å². The van der Waals surface area contributed by atoms with E-state index in [9.17, 15) is 0 Å². The Balaban J connectivity index is 2.12. The predicted molar refractivity (Wildman–Crippen MR) is 75.5 cm³/mol. The monoisotopic (exact) mass is 229 g/mol. The molecule has 0 amide bonds. The number of aromatic nitrogens is 1. The maximum absolute atomic E-state index is 3.57. The molecule has 0 saturated heterocycles. The van der Waals surface area contributed by atoms with E-state index in [4.69, 9.17) is 0 Å². The van der Waals surface area contributed by atoms with Gasteiger partial charge in [-0.25, -0.2) is 0 Å². The maximum atomic E-state index is 3.57. The van der Waals surface area contributed by atoms with Crippen LogP contribution in [0.25, 0.3) is 10.9 Å². The van der Waals surface area contributed by atoms with Gasteiger partial charge in [0.05, 0.1) is 0 Å². The van der Waals surface area contributed by atoms with Gasteiger partial charge in [0.15, 0.2) is 0 Å². The second-order valence-electron chi connectivity index (χ2n) is 4.91. The van der Waals surface area contributed by atoms with Gasteiger partial charge in [0.1, 0.15) is 0 Å². The Morgan fingerprint density at radius 1 is 1.12 bits per heavy atom. The van der Waals surface area contributed by atoms with Gasteiger partial charge in [-0.3, -0.25) is 0 Å². The molecule has 2 aromatic rings. The lowest BCUT2D eigenvalue weighted by molar-refractivity contribution is 0.545. The first-order valence-corrected chi connectivity index (χ1v) is 6.92. The highest BCUT2D eigenvalue weighted by atomic mass is 14.7. The van der Waals surface area contributed by atoms with Crippen LogP contribution in [-0.2, 0) is 0 Å². The van der Waals surface area contributed by atoms with Gasteiger partial charge >= 0.3 is 0 Å². The van der Waals surface area contributed by atoms with E-state index in [1.165, 1.54) is 48.7 Å². The average molecular weight is 229 g/mol. The number of H-pyrrole nitrogens is 1. The zero-order chi connectivity index (χ0) is 12.1. The van der Waals surface area contributed by atoms with E-state index in [-0.39, 0.29) is 0 Å². The molecular formula is C16H23N. The lowest BCUT2D eigenvalue weighted by Gasteiger charge is -2.12. The van der Waals surface area contributed by atoms with E-state index in [2.05, 4.69) is 49.2 Å². The van der Waals surface area contributed by atoms with Gasteiger partial charge in [-0.1, -0.05) is 51.3 Å². The van der Waals surface area contributed by atoms with Crippen LogP contribution in [0.2, 0.25) is 0 Å². The van der Waals surface area contributed by atoms with Crippen molar-refractivity contribution in [3.63, 3.8) is 0 Å². The molecule has 0 saturated carbocycles. The first kappa shape index (κ1) is 12.2. The number of benzene rings is 1. The first-order valence-electron chi connectivity index (χ1n) is 6.92. The molecule has 1 N–H and O–H groups in total. The van der Waals surface area contributed by atoms with Gasteiger partial charge in [0, 0.05) is 11.2 Å². The Labute approximate surface area is 104 Å². The molecule has 1 heteroatoms. The van der Waals surface area contributed by atoms with E-state index >= 15 is 0 Å². The Morgan fingerprint density at radius 3 is 2.65 bits per heavy atom. The zero-order valence-electron chi connectivity index (χ0n) is 11.0. The van der Waals surface area contributed by atoms with E-state index in [1.54, 1.807) is 0 Å². The van der Waals surface area contributed by atoms with E-state index < -0.39 is 0 Å². The molecule has 1 nitrogen and oxygen atoms in total. The maximum Gasteiger partial charge on any atom is 0.0456 e. The normalized spacial score (nSPS) is 13.1. The van der Waals surface area contributed by atoms with Crippen LogP contribution >= 0.6 is 0 Å². The summed E-state index contributed by atoms with van der Waals surface area (Å²) in [6.07, 6.45) is 6.57. The number of fused-ring (bicyclic) bond motifs is 1. The second kappa shape index (κ2) is 5.90. The van der Waals surface area contributed by atoms with Gasteiger partial charge in [0.2, 0.25) is 0 Å². The van der Waals surface area contributed by atoms with Crippen LogP contribution in [0.4, 0.5) is 0 Å². The molecular weight excluding hydrogens is 206 g/mol. The Morgan fingerprint density at radius 2 is 1.94 bits per heavy atom. The minimum atomic E-state index is 0.703. The van der Waals surface area contributed by atoms with Gasteiger partial charge in [-0.15, -0.1) is 0 Å². The number of para-hydroxylation sites is 1. The van der Waals surface area contributed by atoms with Crippen molar-refractivity contribution in [1.29, 1.82) is 0 Å². The lowest BCUT2D eigenvalue weighted by Crippen LogP contribution is -1.97. The first-order chi connectivity index (χ1) is 8.35. The van der Waals surface area contributed by atoms with Gasteiger partial charge in [0.25, 0.3) is 0 Å². The van der Waals surface area contributed by atoms with Crippen LogP contribution in [0.1, 0.15) is 57.6 Å². The molecule has 0 aliphatic rings. The van der Waals surface area contributed by atoms with Crippen molar-refractivity contribution in [2.75, 3.05) is 0 Å². The number of unbranched alkanes of at least 4 members (excludes halogenated alkanes) is 2. The third-order valence-electron chi connectivity index (χ3n) is 3.64. The molecule has 0 spiro atoms. The standard InChI is InChI=1S/C16H23N/c1-3-5-6-9-13(4-2)16-12-14-10-7-8-11-15(14)17-16/h7-8,10-13,17H,3-6,9H2,1-2H3. The number of nitrogens with one attached hydrogen (secondary N) is 1. The van der Waals surface area contributed by atoms with Crippen molar-refractivity contribution in [2.24, 2.45) is 0 Å². The van der Waals surface area contributed by atoms with E-state index in [1.807, 2.05) is 0 Å². The summed E-state index contributed by atoms with van der Waals surface area (Å²) >= 11 is 0. The van der Waals surface area contributed by atoms with Crippen molar-refractivity contribution < 1.29 is 0 Å². The molecule has 92 valence electrons. The summed E-state index contributed by atoms with van der Waals surface area (Å²) in [5.74, 6) is 0.703. The summed E-state index contributed by atoms with van der Waals surface area (Å²) < 4.78 is 0. The summed E-state index contributed by atoms with van der Waals surface area (Å²) in [6.45, 7) is 4.56. The average Bonchev–Trinajstić information content (AvgIpc) is 2.78. The molecule has 0 radical (unpaired) electrons. The molecule has 1 heterocycles. The SMILES string of the molecule is CCCCCC(CC)c1cc2ccccc2[nH]1. The van der Waals surface area contributed by atoms with Gasteiger partial charge in [-0.2, -0.15) is 0 Å². The second-order valence-corrected chi connectivity index (χ2v) is 4.91.